The topological polar surface area (TPSA) is 49.7 Å². The fourth-order valence-electron chi connectivity index (χ4n) is 1.79. The van der Waals surface area contributed by atoms with E-state index in [0.29, 0.717) is 16.8 Å². The first-order valence-corrected chi connectivity index (χ1v) is 6.01. The number of hydrogen-bond donors (Lipinski definition) is 2. The minimum Gasteiger partial charge on any atom is -0.489 e. The van der Waals surface area contributed by atoms with E-state index in [4.69, 9.17) is 14.8 Å². The average molecular weight is 278 g/mol. The van der Waals surface area contributed by atoms with Gasteiger partial charge in [-0.1, -0.05) is 12.1 Å². The van der Waals surface area contributed by atoms with Gasteiger partial charge in [0.2, 0.25) is 0 Å². The third-order valence-electron chi connectivity index (χ3n) is 2.90. The van der Waals surface area contributed by atoms with E-state index in [2.05, 4.69) is 0 Å². The van der Waals surface area contributed by atoms with Crippen molar-refractivity contribution in [3.8, 4) is 5.75 Å². The number of aryl methyl sites for hydroxylation is 1. The second-order valence-electron chi connectivity index (χ2n) is 4.42. The lowest BCUT2D eigenvalue weighted by Crippen LogP contribution is -2.29. The van der Waals surface area contributed by atoms with Gasteiger partial charge in [0.15, 0.2) is 0 Å². The largest absolute Gasteiger partial charge is 0.489 e. The normalized spacial score (nSPS) is 10.4. The van der Waals surface area contributed by atoms with E-state index in [1.54, 1.807) is 19.1 Å². The molecule has 2 aromatic carbocycles. The molecule has 2 aromatic rings. The number of rotatable bonds is 4. The van der Waals surface area contributed by atoms with Crippen molar-refractivity contribution in [3.05, 3.63) is 59.2 Å². The monoisotopic (exact) mass is 278 g/mol. The molecule has 104 valence electrons. The number of hydrogen-bond acceptors (Lipinski definition) is 3. The highest BCUT2D eigenvalue weighted by Crippen LogP contribution is 2.18. The Kier molecular flexibility index (Phi) is 4.37. The maximum atomic E-state index is 13.4. The first-order valence-electron chi connectivity index (χ1n) is 6.01. The van der Waals surface area contributed by atoms with Crippen molar-refractivity contribution in [1.82, 2.24) is 0 Å². The molecule has 0 saturated heterocycles. The highest BCUT2D eigenvalue weighted by molar-refractivity contribution is 6.58. The molecule has 0 aromatic heterocycles. The number of ether oxygens (including phenoxy) is 1. The van der Waals surface area contributed by atoms with Crippen molar-refractivity contribution in [3.63, 3.8) is 0 Å². The van der Waals surface area contributed by atoms with Crippen LogP contribution in [0, 0.1) is 18.6 Å². The molecular formula is C14H13BF2O3. The lowest BCUT2D eigenvalue weighted by molar-refractivity contribution is 0.297. The highest BCUT2D eigenvalue weighted by Gasteiger charge is 2.12. The van der Waals surface area contributed by atoms with Crippen molar-refractivity contribution in [2.24, 2.45) is 0 Å². The summed E-state index contributed by atoms with van der Waals surface area (Å²) >= 11 is 0. The maximum Gasteiger partial charge on any atom is 0.488 e. The summed E-state index contributed by atoms with van der Waals surface area (Å²) in [4.78, 5) is 0. The van der Waals surface area contributed by atoms with E-state index in [1.807, 2.05) is 0 Å². The van der Waals surface area contributed by atoms with E-state index < -0.39 is 18.8 Å². The molecule has 3 nitrogen and oxygen atoms in total. The minimum absolute atomic E-state index is 0.0338. The molecule has 0 bridgehead atoms. The molecule has 0 aliphatic heterocycles. The van der Waals surface area contributed by atoms with Gasteiger partial charge in [-0.05, 0) is 36.1 Å². The molecule has 2 N–H and O–H groups in total. The SMILES string of the molecule is Cc1cc(B(O)O)ccc1OCc1ccc(F)cc1F. The standard InChI is InChI=1S/C14H13BF2O3/c1-9-6-11(15(18)19)3-5-14(9)20-8-10-2-4-12(16)7-13(10)17/h2-7,18-19H,8H2,1H3. The van der Waals surface area contributed by atoms with Gasteiger partial charge < -0.3 is 14.8 Å². The van der Waals surface area contributed by atoms with Crippen molar-refractivity contribution in [2.45, 2.75) is 13.5 Å². The second kappa shape index (κ2) is 6.03. The van der Waals surface area contributed by atoms with Crippen molar-refractivity contribution in [1.29, 1.82) is 0 Å². The highest BCUT2D eigenvalue weighted by atomic mass is 19.1. The number of benzene rings is 2. The van der Waals surface area contributed by atoms with Crippen LogP contribution in [0.15, 0.2) is 36.4 Å². The van der Waals surface area contributed by atoms with Crippen LogP contribution in [0.2, 0.25) is 0 Å². The molecular weight excluding hydrogens is 265 g/mol. The molecule has 0 fully saturated rings. The Bertz CT molecular complexity index is 617. The van der Waals surface area contributed by atoms with Gasteiger partial charge >= 0.3 is 7.12 Å². The van der Waals surface area contributed by atoms with Gasteiger partial charge in [0.1, 0.15) is 24.0 Å². The van der Waals surface area contributed by atoms with Crippen LogP contribution < -0.4 is 10.2 Å². The van der Waals surface area contributed by atoms with Gasteiger partial charge in [0.25, 0.3) is 0 Å². The molecule has 6 heteroatoms. The molecule has 0 aliphatic carbocycles. The van der Waals surface area contributed by atoms with Crippen LogP contribution in [-0.4, -0.2) is 17.2 Å². The van der Waals surface area contributed by atoms with Gasteiger partial charge in [-0.3, -0.25) is 0 Å². The van der Waals surface area contributed by atoms with E-state index >= 15 is 0 Å². The van der Waals surface area contributed by atoms with E-state index in [9.17, 15) is 8.78 Å². The predicted molar refractivity (Wildman–Crippen MR) is 71.7 cm³/mol. The molecule has 0 amide bonds. The Morgan fingerprint density at radius 1 is 1.10 bits per heavy atom. The van der Waals surface area contributed by atoms with Crippen LogP contribution in [-0.2, 0) is 6.61 Å². The summed E-state index contributed by atoms with van der Waals surface area (Å²) in [6.45, 7) is 1.70. The lowest BCUT2D eigenvalue weighted by Gasteiger charge is -2.11. The first kappa shape index (κ1) is 14.5. The van der Waals surface area contributed by atoms with Crippen molar-refractivity contribution >= 4 is 12.6 Å². The van der Waals surface area contributed by atoms with Crippen LogP contribution in [0.4, 0.5) is 8.78 Å². The van der Waals surface area contributed by atoms with E-state index in [-0.39, 0.29) is 12.2 Å². The van der Waals surface area contributed by atoms with Crippen LogP contribution in [0.1, 0.15) is 11.1 Å². The predicted octanol–water partition coefficient (Wildman–Crippen LogP) is 1.53. The molecule has 20 heavy (non-hydrogen) atoms. The minimum atomic E-state index is -1.54. The fraction of sp³-hybridized carbons (Fsp3) is 0.143. The lowest BCUT2D eigenvalue weighted by atomic mass is 9.79. The van der Waals surface area contributed by atoms with Crippen molar-refractivity contribution in [2.75, 3.05) is 0 Å². The molecule has 2 rings (SSSR count). The zero-order chi connectivity index (χ0) is 14.7. The molecule has 0 radical (unpaired) electrons. The molecule has 0 heterocycles. The fourth-order valence-corrected chi connectivity index (χ4v) is 1.79. The Morgan fingerprint density at radius 3 is 2.45 bits per heavy atom. The Morgan fingerprint density at radius 2 is 1.85 bits per heavy atom. The molecule has 0 aliphatic rings. The first-order chi connectivity index (χ1) is 9.47. The third kappa shape index (κ3) is 3.34. The zero-order valence-corrected chi connectivity index (χ0v) is 10.8. The van der Waals surface area contributed by atoms with Gasteiger partial charge in [-0.25, -0.2) is 8.78 Å². The maximum absolute atomic E-state index is 13.4. The summed E-state index contributed by atoms with van der Waals surface area (Å²) in [6.07, 6.45) is 0. The van der Waals surface area contributed by atoms with Crippen molar-refractivity contribution < 1.29 is 23.6 Å². The Balaban J connectivity index is 2.11. The summed E-state index contributed by atoms with van der Waals surface area (Å²) in [5.74, 6) is -0.799. The van der Waals surface area contributed by atoms with Gasteiger partial charge in [0, 0.05) is 11.6 Å². The van der Waals surface area contributed by atoms with Gasteiger partial charge in [-0.2, -0.15) is 0 Å². The molecule has 0 spiro atoms. The van der Waals surface area contributed by atoms with E-state index in [1.165, 1.54) is 18.2 Å². The van der Waals surface area contributed by atoms with Gasteiger partial charge in [-0.15, -0.1) is 0 Å². The van der Waals surface area contributed by atoms with Crippen LogP contribution in [0.25, 0.3) is 0 Å². The summed E-state index contributed by atoms with van der Waals surface area (Å²) in [6, 6.07) is 7.95. The summed E-state index contributed by atoms with van der Waals surface area (Å²) < 4.78 is 31.7. The number of halogens is 2. The quantitative estimate of drug-likeness (QED) is 0.834. The van der Waals surface area contributed by atoms with Crippen LogP contribution in [0.3, 0.4) is 0 Å². The molecule has 0 saturated carbocycles. The second-order valence-corrected chi connectivity index (χ2v) is 4.42. The van der Waals surface area contributed by atoms with Crippen LogP contribution >= 0.6 is 0 Å². The summed E-state index contributed by atoms with van der Waals surface area (Å²) in [5.41, 5.74) is 1.29. The van der Waals surface area contributed by atoms with E-state index in [0.717, 1.165) is 6.07 Å². The summed E-state index contributed by atoms with van der Waals surface area (Å²) in [5, 5.41) is 18.1. The Hall–Kier alpha value is -1.92. The molecule has 0 unspecified atom stereocenters. The third-order valence-corrected chi connectivity index (χ3v) is 2.90. The van der Waals surface area contributed by atoms with Crippen LogP contribution in [0.5, 0.6) is 5.75 Å². The Labute approximate surface area is 115 Å². The zero-order valence-electron chi connectivity index (χ0n) is 10.8. The summed E-state index contributed by atoms with van der Waals surface area (Å²) in [7, 11) is -1.54. The smallest absolute Gasteiger partial charge is 0.488 e. The van der Waals surface area contributed by atoms with Gasteiger partial charge in [0.05, 0.1) is 0 Å². The average Bonchev–Trinajstić information content (AvgIpc) is 2.38. The molecule has 0 atom stereocenters.